The van der Waals surface area contributed by atoms with E-state index in [1.54, 1.807) is 0 Å². The number of nitrogens with zero attached hydrogens (tertiary/aromatic N) is 1. The fraction of sp³-hybridized carbons (Fsp3) is 0.667. The van der Waals surface area contributed by atoms with Crippen LogP contribution in [0.25, 0.3) is 0 Å². The van der Waals surface area contributed by atoms with Crippen LogP contribution in [0.5, 0.6) is 5.88 Å². The van der Waals surface area contributed by atoms with Crippen LogP contribution in [0.1, 0.15) is 51.0 Å². The van der Waals surface area contributed by atoms with E-state index in [1.807, 2.05) is 12.3 Å². The second kappa shape index (κ2) is 6.04. The SMILES string of the molecule is CCC[C@H]1CC[C@@H](Oc2ncccc2C)CC1. The minimum absolute atomic E-state index is 0.386. The lowest BCUT2D eigenvalue weighted by Crippen LogP contribution is -2.24. The Balaban J connectivity index is 1.84. The molecule has 0 unspecified atom stereocenters. The quantitative estimate of drug-likeness (QED) is 0.780. The summed E-state index contributed by atoms with van der Waals surface area (Å²) in [5, 5.41) is 0. The van der Waals surface area contributed by atoms with E-state index in [9.17, 15) is 0 Å². The average Bonchev–Trinajstić information content (AvgIpc) is 2.35. The van der Waals surface area contributed by atoms with Gasteiger partial charge in [-0.3, -0.25) is 0 Å². The molecule has 1 aromatic rings. The molecule has 0 N–H and O–H groups in total. The van der Waals surface area contributed by atoms with Crippen LogP contribution in [0.3, 0.4) is 0 Å². The molecule has 1 aliphatic carbocycles. The van der Waals surface area contributed by atoms with Gasteiger partial charge in [-0.25, -0.2) is 4.98 Å². The van der Waals surface area contributed by atoms with E-state index in [0.29, 0.717) is 6.10 Å². The van der Waals surface area contributed by atoms with Crippen LogP contribution < -0.4 is 4.74 Å². The predicted molar refractivity (Wildman–Crippen MR) is 70.3 cm³/mol. The normalized spacial score (nSPS) is 24.6. The summed E-state index contributed by atoms with van der Waals surface area (Å²) in [6.45, 7) is 4.34. The molecule has 0 saturated heterocycles. The van der Waals surface area contributed by atoms with Crippen LogP contribution in [0.4, 0.5) is 0 Å². The van der Waals surface area contributed by atoms with Gasteiger partial charge in [0.2, 0.25) is 5.88 Å². The number of aryl methyl sites for hydroxylation is 1. The van der Waals surface area contributed by atoms with Crippen molar-refractivity contribution in [3.05, 3.63) is 23.9 Å². The highest BCUT2D eigenvalue weighted by molar-refractivity contribution is 5.23. The molecule has 0 spiro atoms. The number of hydrogen-bond acceptors (Lipinski definition) is 2. The number of aromatic nitrogens is 1. The Kier molecular flexibility index (Phi) is 4.41. The third-order valence-corrected chi connectivity index (χ3v) is 3.73. The van der Waals surface area contributed by atoms with Crippen molar-refractivity contribution < 1.29 is 4.74 Å². The van der Waals surface area contributed by atoms with Crippen molar-refractivity contribution in [2.24, 2.45) is 5.92 Å². The number of ether oxygens (including phenoxy) is 1. The molecule has 0 aromatic carbocycles. The first-order chi connectivity index (χ1) is 8.29. The van der Waals surface area contributed by atoms with Gasteiger partial charge in [-0.2, -0.15) is 0 Å². The highest BCUT2D eigenvalue weighted by Crippen LogP contribution is 2.30. The minimum atomic E-state index is 0.386. The molecule has 1 heterocycles. The van der Waals surface area contributed by atoms with E-state index in [0.717, 1.165) is 17.4 Å². The number of rotatable bonds is 4. The van der Waals surface area contributed by atoms with Gasteiger partial charge in [0.1, 0.15) is 6.10 Å². The summed E-state index contributed by atoms with van der Waals surface area (Å²) in [6.07, 6.45) is 9.93. The van der Waals surface area contributed by atoms with Crippen LogP contribution in [-0.2, 0) is 0 Å². The molecule has 2 rings (SSSR count). The Morgan fingerprint density at radius 2 is 2.06 bits per heavy atom. The fourth-order valence-corrected chi connectivity index (χ4v) is 2.70. The molecule has 0 atom stereocenters. The first kappa shape index (κ1) is 12.4. The highest BCUT2D eigenvalue weighted by atomic mass is 16.5. The Labute approximate surface area is 104 Å². The predicted octanol–water partition coefficient (Wildman–Crippen LogP) is 4.13. The van der Waals surface area contributed by atoms with Gasteiger partial charge in [-0.1, -0.05) is 25.8 Å². The maximum Gasteiger partial charge on any atom is 0.216 e. The average molecular weight is 233 g/mol. The first-order valence-electron chi connectivity index (χ1n) is 6.88. The molecule has 0 aliphatic heterocycles. The van der Waals surface area contributed by atoms with E-state index in [1.165, 1.54) is 38.5 Å². The van der Waals surface area contributed by atoms with E-state index in [4.69, 9.17) is 4.74 Å². The highest BCUT2D eigenvalue weighted by Gasteiger charge is 2.22. The molecule has 1 aromatic heterocycles. The molecule has 94 valence electrons. The molecule has 2 nitrogen and oxygen atoms in total. The first-order valence-corrected chi connectivity index (χ1v) is 6.88. The lowest BCUT2D eigenvalue weighted by molar-refractivity contribution is 0.122. The topological polar surface area (TPSA) is 22.1 Å². The molecule has 1 aliphatic rings. The molecule has 1 fully saturated rings. The smallest absolute Gasteiger partial charge is 0.216 e. The van der Waals surface area contributed by atoms with Gasteiger partial charge < -0.3 is 4.74 Å². The van der Waals surface area contributed by atoms with Crippen molar-refractivity contribution in [3.63, 3.8) is 0 Å². The van der Waals surface area contributed by atoms with Gasteiger partial charge in [0.25, 0.3) is 0 Å². The zero-order valence-corrected chi connectivity index (χ0v) is 11.0. The maximum atomic E-state index is 6.00. The van der Waals surface area contributed by atoms with E-state index >= 15 is 0 Å². The summed E-state index contributed by atoms with van der Waals surface area (Å²) in [5.74, 6) is 1.76. The lowest BCUT2D eigenvalue weighted by Gasteiger charge is -2.28. The van der Waals surface area contributed by atoms with Gasteiger partial charge in [0, 0.05) is 11.8 Å². The molecule has 0 bridgehead atoms. The van der Waals surface area contributed by atoms with Crippen molar-refractivity contribution in [1.29, 1.82) is 0 Å². The van der Waals surface area contributed by atoms with Crippen LogP contribution >= 0.6 is 0 Å². The van der Waals surface area contributed by atoms with Crippen LogP contribution in [0, 0.1) is 12.8 Å². The van der Waals surface area contributed by atoms with Gasteiger partial charge in [0.05, 0.1) is 0 Å². The minimum Gasteiger partial charge on any atom is -0.474 e. The Hall–Kier alpha value is -1.05. The van der Waals surface area contributed by atoms with E-state index in [2.05, 4.69) is 24.9 Å². The summed E-state index contributed by atoms with van der Waals surface area (Å²) in [6, 6.07) is 4.02. The summed E-state index contributed by atoms with van der Waals surface area (Å²) in [7, 11) is 0. The maximum absolute atomic E-state index is 6.00. The second-order valence-electron chi connectivity index (χ2n) is 5.17. The summed E-state index contributed by atoms with van der Waals surface area (Å²) in [4.78, 5) is 4.31. The molecule has 2 heteroatoms. The standard InChI is InChI=1S/C15H23NO/c1-3-5-13-7-9-14(10-8-13)17-15-12(2)6-4-11-16-15/h4,6,11,13-14H,3,5,7-10H2,1-2H3/t13-,14+. The number of hydrogen-bond donors (Lipinski definition) is 0. The zero-order valence-electron chi connectivity index (χ0n) is 11.0. The van der Waals surface area contributed by atoms with Crippen LogP contribution in [0.2, 0.25) is 0 Å². The second-order valence-corrected chi connectivity index (χ2v) is 5.17. The third-order valence-electron chi connectivity index (χ3n) is 3.73. The molecule has 17 heavy (non-hydrogen) atoms. The van der Waals surface area contributed by atoms with Crippen molar-refractivity contribution in [2.45, 2.75) is 58.5 Å². The van der Waals surface area contributed by atoms with Gasteiger partial charge in [-0.15, -0.1) is 0 Å². The number of pyridine rings is 1. The molecule has 0 amide bonds. The Bertz CT molecular complexity index is 343. The van der Waals surface area contributed by atoms with E-state index in [-0.39, 0.29) is 0 Å². The Morgan fingerprint density at radius 1 is 1.29 bits per heavy atom. The van der Waals surface area contributed by atoms with Crippen molar-refractivity contribution in [3.8, 4) is 5.88 Å². The van der Waals surface area contributed by atoms with Crippen molar-refractivity contribution >= 4 is 0 Å². The van der Waals surface area contributed by atoms with Gasteiger partial charge >= 0.3 is 0 Å². The van der Waals surface area contributed by atoms with Gasteiger partial charge in [-0.05, 0) is 44.6 Å². The van der Waals surface area contributed by atoms with Crippen LogP contribution in [0.15, 0.2) is 18.3 Å². The summed E-state index contributed by atoms with van der Waals surface area (Å²) >= 11 is 0. The van der Waals surface area contributed by atoms with Crippen molar-refractivity contribution in [2.75, 3.05) is 0 Å². The van der Waals surface area contributed by atoms with Crippen molar-refractivity contribution in [1.82, 2.24) is 4.98 Å². The summed E-state index contributed by atoms with van der Waals surface area (Å²) in [5.41, 5.74) is 1.14. The summed E-state index contributed by atoms with van der Waals surface area (Å²) < 4.78 is 6.00. The van der Waals surface area contributed by atoms with E-state index < -0.39 is 0 Å². The Morgan fingerprint density at radius 3 is 2.71 bits per heavy atom. The zero-order chi connectivity index (χ0) is 12.1. The lowest BCUT2D eigenvalue weighted by atomic mass is 9.85. The molecular weight excluding hydrogens is 210 g/mol. The molecule has 0 radical (unpaired) electrons. The fourth-order valence-electron chi connectivity index (χ4n) is 2.70. The molecular formula is C15H23NO. The monoisotopic (exact) mass is 233 g/mol. The largest absolute Gasteiger partial charge is 0.474 e. The van der Waals surface area contributed by atoms with Gasteiger partial charge in [0.15, 0.2) is 0 Å². The van der Waals surface area contributed by atoms with Crippen LogP contribution in [-0.4, -0.2) is 11.1 Å². The molecule has 1 saturated carbocycles. The third kappa shape index (κ3) is 3.45.